The molecule has 194 valence electrons. The highest BCUT2D eigenvalue weighted by Crippen LogP contribution is 2.22. The van der Waals surface area contributed by atoms with Gasteiger partial charge in [-0.15, -0.1) is 0 Å². The van der Waals surface area contributed by atoms with Crippen LogP contribution in [0.2, 0.25) is 0 Å². The van der Waals surface area contributed by atoms with Crippen molar-refractivity contribution < 1.29 is 9.47 Å². The zero-order valence-corrected chi connectivity index (χ0v) is 22.9. The Morgan fingerprint density at radius 1 is 0.438 bits per heavy atom. The van der Waals surface area contributed by atoms with Gasteiger partial charge in [0.1, 0.15) is 6.79 Å². The number of rotatable bonds is 27. The third kappa shape index (κ3) is 26.2. The van der Waals surface area contributed by atoms with E-state index in [0.29, 0.717) is 6.79 Å². The van der Waals surface area contributed by atoms with Gasteiger partial charge in [0.05, 0.1) is 0 Å². The van der Waals surface area contributed by atoms with Gasteiger partial charge in [-0.2, -0.15) is 0 Å². The van der Waals surface area contributed by atoms with Crippen LogP contribution in [0.15, 0.2) is 0 Å². The van der Waals surface area contributed by atoms with Crippen LogP contribution in [0, 0.1) is 11.8 Å². The van der Waals surface area contributed by atoms with E-state index < -0.39 is 0 Å². The molecule has 0 spiro atoms. The van der Waals surface area contributed by atoms with Gasteiger partial charge in [0, 0.05) is 13.2 Å². The maximum Gasteiger partial charge on any atom is 0.146 e. The standard InChI is InChI=1S/C30H62O2/c1-5-7-9-11-13-14-15-16-18-20-23-29(3)27-30(4)24-22-26-32-28-31-25-21-19-17-12-10-8-6-2/h29-30H,5-28H2,1-4H3. The zero-order chi connectivity index (χ0) is 23.5. The van der Waals surface area contributed by atoms with Crippen molar-refractivity contribution in [2.45, 2.75) is 163 Å². The van der Waals surface area contributed by atoms with Gasteiger partial charge in [-0.25, -0.2) is 0 Å². The van der Waals surface area contributed by atoms with Crippen molar-refractivity contribution in [2.24, 2.45) is 11.8 Å². The Bertz CT molecular complexity index is 331. The van der Waals surface area contributed by atoms with E-state index in [9.17, 15) is 0 Å². The van der Waals surface area contributed by atoms with Gasteiger partial charge >= 0.3 is 0 Å². The Morgan fingerprint density at radius 3 is 1.31 bits per heavy atom. The van der Waals surface area contributed by atoms with Crippen molar-refractivity contribution >= 4 is 0 Å². The Hall–Kier alpha value is -0.0800. The predicted molar refractivity (Wildman–Crippen MR) is 143 cm³/mol. The SMILES string of the molecule is CCCCCCCCCCCCC(C)CC(C)CCCOCOCCCCCCCCC. The highest BCUT2D eigenvalue weighted by Gasteiger charge is 2.09. The lowest BCUT2D eigenvalue weighted by Crippen LogP contribution is -2.07. The second-order valence-corrected chi connectivity index (χ2v) is 10.6. The van der Waals surface area contributed by atoms with E-state index >= 15 is 0 Å². The Morgan fingerprint density at radius 2 is 0.812 bits per heavy atom. The van der Waals surface area contributed by atoms with E-state index in [1.165, 1.54) is 135 Å². The van der Waals surface area contributed by atoms with Crippen molar-refractivity contribution in [1.29, 1.82) is 0 Å². The predicted octanol–water partition coefficient (Wildman–Crippen LogP) is 10.5. The summed E-state index contributed by atoms with van der Waals surface area (Å²) in [4.78, 5) is 0. The summed E-state index contributed by atoms with van der Waals surface area (Å²) in [6.07, 6.45) is 29.0. The molecule has 32 heavy (non-hydrogen) atoms. The molecule has 0 rings (SSSR count). The van der Waals surface area contributed by atoms with Crippen molar-refractivity contribution in [2.75, 3.05) is 20.0 Å². The average Bonchev–Trinajstić information content (AvgIpc) is 2.78. The Balaban J connectivity index is 3.28. The van der Waals surface area contributed by atoms with E-state index in [1.54, 1.807) is 0 Å². The number of hydrogen-bond acceptors (Lipinski definition) is 2. The molecule has 2 atom stereocenters. The fraction of sp³-hybridized carbons (Fsp3) is 1.00. The molecule has 0 aliphatic heterocycles. The first-order valence-corrected chi connectivity index (χ1v) is 14.9. The summed E-state index contributed by atoms with van der Waals surface area (Å²) >= 11 is 0. The molecule has 0 radical (unpaired) electrons. The molecule has 0 aromatic rings. The van der Waals surface area contributed by atoms with E-state index in [4.69, 9.17) is 9.47 Å². The minimum atomic E-state index is 0.485. The van der Waals surface area contributed by atoms with Crippen LogP contribution in [0.1, 0.15) is 163 Å². The van der Waals surface area contributed by atoms with Crippen LogP contribution in [0.5, 0.6) is 0 Å². The first-order chi connectivity index (χ1) is 15.7. The topological polar surface area (TPSA) is 18.5 Å². The summed E-state index contributed by atoms with van der Waals surface area (Å²) in [5.74, 6) is 1.70. The van der Waals surface area contributed by atoms with Gasteiger partial charge in [0.15, 0.2) is 0 Å². The van der Waals surface area contributed by atoms with E-state index in [1.807, 2.05) is 0 Å². The molecule has 2 nitrogen and oxygen atoms in total. The molecule has 0 aromatic carbocycles. The van der Waals surface area contributed by atoms with E-state index in [2.05, 4.69) is 27.7 Å². The van der Waals surface area contributed by atoms with E-state index in [0.717, 1.165) is 25.0 Å². The third-order valence-corrected chi connectivity index (χ3v) is 6.90. The molecule has 0 saturated carbocycles. The lowest BCUT2D eigenvalue weighted by atomic mass is 9.90. The fourth-order valence-corrected chi connectivity index (χ4v) is 4.77. The van der Waals surface area contributed by atoms with Crippen LogP contribution < -0.4 is 0 Å². The van der Waals surface area contributed by atoms with Crippen molar-refractivity contribution in [3.8, 4) is 0 Å². The molecule has 0 amide bonds. The molecule has 0 N–H and O–H groups in total. The minimum absolute atomic E-state index is 0.485. The smallest absolute Gasteiger partial charge is 0.146 e. The van der Waals surface area contributed by atoms with Crippen LogP contribution in [-0.4, -0.2) is 20.0 Å². The molecule has 0 aliphatic rings. The number of unbranched alkanes of at least 4 members (excludes halogenated alkanes) is 15. The second-order valence-electron chi connectivity index (χ2n) is 10.6. The fourth-order valence-electron chi connectivity index (χ4n) is 4.77. The minimum Gasteiger partial charge on any atom is -0.355 e. The molecule has 0 bridgehead atoms. The van der Waals surface area contributed by atoms with Crippen LogP contribution in [0.3, 0.4) is 0 Å². The average molecular weight is 455 g/mol. The monoisotopic (exact) mass is 454 g/mol. The first kappa shape index (κ1) is 31.9. The van der Waals surface area contributed by atoms with Gasteiger partial charge in [-0.3, -0.25) is 0 Å². The zero-order valence-electron chi connectivity index (χ0n) is 22.9. The lowest BCUT2D eigenvalue weighted by molar-refractivity contribution is -0.0561. The first-order valence-electron chi connectivity index (χ1n) is 14.9. The number of ether oxygens (including phenoxy) is 2. The van der Waals surface area contributed by atoms with Gasteiger partial charge in [0.2, 0.25) is 0 Å². The van der Waals surface area contributed by atoms with Crippen molar-refractivity contribution in [3.05, 3.63) is 0 Å². The third-order valence-electron chi connectivity index (χ3n) is 6.90. The molecule has 0 saturated heterocycles. The molecule has 2 heteroatoms. The normalized spacial score (nSPS) is 13.5. The molecule has 0 heterocycles. The van der Waals surface area contributed by atoms with Crippen LogP contribution >= 0.6 is 0 Å². The van der Waals surface area contributed by atoms with Crippen molar-refractivity contribution in [3.63, 3.8) is 0 Å². The molecule has 0 aromatic heterocycles. The summed E-state index contributed by atoms with van der Waals surface area (Å²) in [7, 11) is 0. The maximum atomic E-state index is 5.67. The van der Waals surface area contributed by atoms with Crippen LogP contribution in [0.4, 0.5) is 0 Å². The molecule has 0 fully saturated rings. The van der Waals surface area contributed by atoms with Crippen LogP contribution in [0.25, 0.3) is 0 Å². The summed E-state index contributed by atoms with van der Waals surface area (Å²) in [5, 5.41) is 0. The Labute approximate surface area is 204 Å². The highest BCUT2D eigenvalue weighted by atomic mass is 16.7. The van der Waals surface area contributed by atoms with Crippen molar-refractivity contribution in [1.82, 2.24) is 0 Å². The quantitative estimate of drug-likeness (QED) is 0.0907. The lowest BCUT2D eigenvalue weighted by Gasteiger charge is -2.17. The maximum absolute atomic E-state index is 5.67. The van der Waals surface area contributed by atoms with Gasteiger partial charge in [-0.1, -0.05) is 137 Å². The number of hydrogen-bond donors (Lipinski definition) is 0. The summed E-state index contributed by atoms with van der Waals surface area (Å²) in [5.41, 5.74) is 0. The molecule has 0 aliphatic carbocycles. The molecular formula is C30H62O2. The van der Waals surface area contributed by atoms with Gasteiger partial charge in [-0.05, 0) is 37.5 Å². The van der Waals surface area contributed by atoms with Crippen LogP contribution in [-0.2, 0) is 9.47 Å². The highest BCUT2D eigenvalue weighted by molar-refractivity contribution is 4.61. The molecular weight excluding hydrogens is 392 g/mol. The van der Waals surface area contributed by atoms with Gasteiger partial charge < -0.3 is 9.47 Å². The summed E-state index contributed by atoms with van der Waals surface area (Å²) in [6.45, 7) is 11.7. The van der Waals surface area contributed by atoms with Gasteiger partial charge in [0.25, 0.3) is 0 Å². The Kier molecular flexibility index (Phi) is 27.1. The second kappa shape index (κ2) is 27.2. The molecule has 2 unspecified atom stereocenters. The largest absolute Gasteiger partial charge is 0.355 e. The summed E-state index contributed by atoms with van der Waals surface area (Å²) in [6, 6.07) is 0. The van der Waals surface area contributed by atoms with E-state index in [-0.39, 0.29) is 0 Å². The summed E-state index contributed by atoms with van der Waals surface area (Å²) < 4.78 is 11.3.